The second-order valence-electron chi connectivity index (χ2n) is 9.60. The number of hydrogen-bond acceptors (Lipinski definition) is 6. The predicted octanol–water partition coefficient (Wildman–Crippen LogP) is 6.52. The van der Waals surface area contributed by atoms with Crippen molar-refractivity contribution in [2.24, 2.45) is 0 Å². The monoisotopic (exact) mass is 530 g/mol. The quantitative estimate of drug-likeness (QED) is 0.185. The topological polar surface area (TPSA) is 79.7 Å². The minimum absolute atomic E-state index is 0.00587. The number of amides is 1. The molecule has 0 aliphatic carbocycles. The van der Waals surface area contributed by atoms with E-state index in [1.807, 2.05) is 39.0 Å². The van der Waals surface area contributed by atoms with Crippen molar-refractivity contribution in [3.63, 3.8) is 0 Å². The molecular formula is C29H23ClN2O4S. The molecule has 1 fully saturated rings. The van der Waals surface area contributed by atoms with Crippen LogP contribution in [0.2, 0.25) is 5.02 Å². The zero-order chi connectivity index (χ0) is 26.0. The molecule has 2 atom stereocenters. The standard InChI is InChI=1S/C29H23ClN2O4S/c1-14-9-15(2)24-22(10-14)37-29(31-24)32-25(17-5-4-6-20(30)13-17)23(27(34)28(32)35)26(33)18-7-8-21-19(12-18)11-16(3)36-21/h4-10,12-13,16,25,33H,11H2,1-3H3/b26-23+. The fourth-order valence-electron chi connectivity index (χ4n) is 5.21. The maximum absolute atomic E-state index is 13.5. The summed E-state index contributed by atoms with van der Waals surface area (Å²) in [5.74, 6) is -0.977. The van der Waals surface area contributed by atoms with Crippen LogP contribution < -0.4 is 9.64 Å². The van der Waals surface area contributed by atoms with E-state index in [0.29, 0.717) is 27.7 Å². The van der Waals surface area contributed by atoms with Gasteiger partial charge in [-0.2, -0.15) is 0 Å². The molecule has 2 aliphatic rings. The van der Waals surface area contributed by atoms with Crippen LogP contribution in [0.3, 0.4) is 0 Å². The van der Waals surface area contributed by atoms with Crippen molar-refractivity contribution in [1.29, 1.82) is 0 Å². The van der Waals surface area contributed by atoms with E-state index in [4.69, 9.17) is 21.3 Å². The van der Waals surface area contributed by atoms with Gasteiger partial charge in [-0.05, 0) is 79.4 Å². The van der Waals surface area contributed by atoms with Crippen molar-refractivity contribution in [3.05, 3.63) is 93.0 Å². The summed E-state index contributed by atoms with van der Waals surface area (Å²) in [4.78, 5) is 33.2. The maximum Gasteiger partial charge on any atom is 0.301 e. The second-order valence-corrected chi connectivity index (χ2v) is 11.0. The van der Waals surface area contributed by atoms with Gasteiger partial charge in [0.15, 0.2) is 5.13 Å². The number of aliphatic hydroxyl groups excluding tert-OH is 1. The molecular weight excluding hydrogens is 508 g/mol. The van der Waals surface area contributed by atoms with E-state index < -0.39 is 17.7 Å². The molecule has 1 N–H and O–H groups in total. The second kappa shape index (κ2) is 8.71. The van der Waals surface area contributed by atoms with E-state index in [9.17, 15) is 14.7 Å². The van der Waals surface area contributed by atoms with E-state index in [1.165, 1.54) is 16.2 Å². The van der Waals surface area contributed by atoms with E-state index in [-0.39, 0.29) is 17.4 Å². The van der Waals surface area contributed by atoms with Crippen LogP contribution in [0.5, 0.6) is 5.75 Å². The number of benzene rings is 3. The van der Waals surface area contributed by atoms with Gasteiger partial charge in [-0.1, -0.05) is 41.1 Å². The Morgan fingerprint density at radius 3 is 2.73 bits per heavy atom. The lowest BCUT2D eigenvalue weighted by Crippen LogP contribution is -2.29. The lowest BCUT2D eigenvalue weighted by atomic mass is 9.94. The summed E-state index contributed by atoms with van der Waals surface area (Å²) in [6.45, 7) is 5.96. The molecule has 6 rings (SSSR count). The molecule has 1 amide bonds. The Morgan fingerprint density at radius 1 is 1.14 bits per heavy atom. The van der Waals surface area contributed by atoms with Crippen LogP contribution in [-0.2, 0) is 16.0 Å². The minimum atomic E-state index is -0.885. The first-order chi connectivity index (χ1) is 17.7. The number of anilines is 1. The van der Waals surface area contributed by atoms with Gasteiger partial charge in [0.05, 0.1) is 21.8 Å². The Balaban J connectivity index is 1.55. The van der Waals surface area contributed by atoms with Crippen LogP contribution >= 0.6 is 22.9 Å². The molecule has 8 heteroatoms. The number of fused-ring (bicyclic) bond motifs is 2. The summed E-state index contributed by atoms with van der Waals surface area (Å²) in [6.07, 6.45) is 0.739. The number of aromatic nitrogens is 1. The molecule has 0 radical (unpaired) electrons. The number of carbonyl (C=O) groups is 2. The minimum Gasteiger partial charge on any atom is -0.507 e. The van der Waals surface area contributed by atoms with Gasteiger partial charge < -0.3 is 9.84 Å². The number of ketones is 1. The molecule has 0 saturated carbocycles. The molecule has 2 unspecified atom stereocenters. The molecule has 3 heterocycles. The van der Waals surface area contributed by atoms with Crippen LogP contribution in [0.4, 0.5) is 5.13 Å². The molecule has 3 aromatic carbocycles. The first kappa shape index (κ1) is 23.7. The van der Waals surface area contributed by atoms with Gasteiger partial charge in [-0.25, -0.2) is 4.98 Å². The Bertz CT molecular complexity index is 1660. The fourth-order valence-corrected chi connectivity index (χ4v) is 6.58. The predicted molar refractivity (Wildman–Crippen MR) is 146 cm³/mol. The first-order valence-corrected chi connectivity index (χ1v) is 13.1. The SMILES string of the molecule is Cc1cc(C)c2nc(N3C(=O)C(=O)/C(=C(/O)c4ccc5c(c4)CC(C)O5)C3c3cccc(Cl)c3)sc2c1. The Hall–Kier alpha value is -3.68. The molecule has 0 spiro atoms. The molecule has 6 nitrogen and oxygen atoms in total. The normalized spacial score (nSPS) is 20.5. The fraction of sp³-hybridized carbons (Fsp3) is 0.207. The number of aliphatic hydroxyl groups is 1. The summed E-state index contributed by atoms with van der Waals surface area (Å²) in [7, 11) is 0. The highest BCUT2D eigenvalue weighted by molar-refractivity contribution is 7.22. The van der Waals surface area contributed by atoms with Crippen LogP contribution in [-0.4, -0.2) is 27.9 Å². The van der Waals surface area contributed by atoms with Gasteiger partial charge in [0.1, 0.15) is 17.6 Å². The first-order valence-electron chi connectivity index (χ1n) is 12.0. The van der Waals surface area contributed by atoms with Crippen molar-refractivity contribution in [1.82, 2.24) is 4.98 Å². The number of hydrogen-bond donors (Lipinski definition) is 1. The molecule has 1 saturated heterocycles. The van der Waals surface area contributed by atoms with Crippen molar-refractivity contribution in [2.75, 3.05) is 4.90 Å². The summed E-state index contributed by atoms with van der Waals surface area (Å²) < 4.78 is 6.71. The molecule has 1 aromatic heterocycles. The van der Waals surface area contributed by atoms with Crippen molar-refractivity contribution in [3.8, 4) is 5.75 Å². The van der Waals surface area contributed by atoms with Gasteiger partial charge in [-0.15, -0.1) is 0 Å². The summed E-state index contributed by atoms with van der Waals surface area (Å²) in [6, 6.07) is 15.5. The van der Waals surface area contributed by atoms with Crippen molar-refractivity contribution < 1.29 is 19.4 Å². The summed E-state index contributed by atoms with van der Waals surface area (Å²) in [5.41, 5.74) is 4.88. The van der Waals surface area contributed by atoms with Crippen LogP contribution in [0.1, 0.15) is 40.8 Å². The highest BCUT2D eigenvalue weighted by atomic mass is 35.5. The highest BCUT2D eigenvalue weighted by Gasteiger charge is 2.48. The third kappa shape index (κ3) is 3.90. The number of aryl methyl sites for hydroxylation is 2. The van der Waals surface area contributed by atoms with E-state index in [1.54, 1.807) is 36.4 Å². The average molecular weight is 531 g/mol. The zero-order valence-electron chi connectivity index (χ0n) is 20.4. The van der Waals surface area contributed by atoms with Gasteiger partial charge in [0, 0.05) is 17.0 Å². The Kier molecular flexibility index (Phi) is 5.58. The number of Topliss-reactive ketones (excluding diaryl/α,β-unsaturated/α-hetero) is 1. The molecule has 0 bridgehead atoms. The lowest BCUT2D eigenvalue weighted by Gasteiger charge is -2.23. The van der Waals surface area contributed by atoms with Crippen LogP contribution in [0.25, 0.3) is 16.0 Å². The number of thiazole rings is 1. The molecule has 4 aromatic rings. The van der Waals surface area contributed by atoms with Gasteiger partial charge >= 0.3 is 5.91 Å². The zero-order valence-corrected chi connectivity index (χ0v) is 22.0. The molecule has 186 valence electrons. The van der Waals surface area contributed by atoms with Crippen LogP contribution in [0, 0.1) is 13.8 Å². The van der Waals surface area contributed by atoms with Gasteiger partial charge in [-0.3, -0.25) is 14.5 Å². The summed E-state index contributed by atoms with van der Waals surface area (Å²) in [5, 5.41) is 12.3. The van der Waals surface area contributed by atoms with Crippen molar-refractivity contribution >= 4 is 55.7 Å². The number of carbonyl (C=O) groups excluding carboxylic acids is 2. The Morgan fingerprint density at radius 2 is 1.95 bits per heavy atom. The van der Waals surface area contributed by atoms with Gasteiger partial charge in [0.25, 0.3) is 5.78 Å². The number of ether oxygens (including phenoxy) is 1. The highest BCUT2D eigenvalue weighted by Crippen LogP contribution is 2.45. The number of halogens is 1. The lowest BCUT2D eigenvalue weighted by molar-refractivity contribution is -0.132. The van der Waals surface area contributed by atoms with Crippen LogP contribution in [0.15, 0.2) is 60.2 Å². The molecule has 2 aliphatic heterocycles. The third-order valence-electron chi connectivity index (χ3n) is 6.80. The number of nitrogens with zero attached hydrogens (tertiary/aromatic N) is 2. The van der Waals surface area contributed by atoms with E-state index in [0.717, 1.165) is 32.7 Å². The third-order valence-corrected chi connectivity index (χ3v) is 8.04. The average Bonchev–Trinajstić information content (AvgIpc) is 3.51. The Labute approximate surface area is 222 Å². The van der Waals surface area contributed by atoms with E-state index >= 15 is 0 Å². The smallest absolute Gasteiger partial charge is 0.301 e. The maximum atomic E-state index is 13.5. The van der Waals surface area contributed by atoms with Gasteiger partial charge in [0.2, 0.25) is 0 Å². The molecule has 37 heavy (non-hydrogen) atoms. The van der Waals surface area contributed by atoms with E-state index in [2.05, 4.69) is 0 Å². The summed E-state index contributed by atoms with van der Waals surface area (Å²) >= 11 is 7.67. The van der Waals surface area contributed by atoms with Crippen molar-refractivity contribution in [2.45, 2.75) is 39.3 Å². The largest absolute Gasteiger partial charge is 0.507 e. The number of rotatable bonds is 3.